The molecule has 7 heteroatoms. The van der Waals surface area contributed by atoms with E-state index in [1.54, 1.807) is 24.5 Å². The van der Waals surface area contributed by atoms with E-state index in [1.165, 1.54) is 0 Å². The third kappa shape index (κ3) is 4.16. The summed E-state index contributed by atoms with van der Waals surface area (Å²) in [6.07, 6.45) is 0. The average Bonchev–Trinajstić information content (AvgIpc) is 3.12. The standard InChI is InChI=1S/C13H17N3O3S/c1-18-7-6-14-4-5-15-13(17)10-9-11(19-16-10)12-3-2-8-20-12/h2-3,8-9,14H,4-7H2,1H3,(H,15,17). The largest absolute Gasteiger partial charge is 0.383 e. The first-order chi connectivity index (χ1) is 9.81. The Morgan fingerprint density at radius 3 is 3.10 bits per heavy atom. The van der Waals surface area contributed by atoms with E-state index < -0.39 is 0 Å². The lowest BCUT2D eigenvalue weighted by Gasteiger charge is -2.04. The molecule has 2 rings (SSSR count). The predicted molar refractivity (Wildman–Crippen MR) is 76.9 cm³/mol. The second-order valence-corrected chi connectivity index (χ2v) is 5.00. The number of carbonyl (C=O) groups excluding carboxylic acids is 1. The Kier molecular flexibility index (Phi) is 5.72. The average molecular weight is 295 g/mol. The number of aromatic nitrogens is 1. The maximum absolute atomic E-state index is 11.8. The van der Waals surface area contributed by atoms with Crippen molar-refractivity contribution in [1.82, 2.24) is 15.8 Å². The number of nitrogens with one attached hydrogen (secondary N) is 2. The second kappa shape index (κ2) is 7.78. The Hall–Kier alpha value is -1.70. The van der Waals surface area contributed by atoms with Crippen molar-refractivity contribution < 1.29 is 14.1 Å². The van der Waals surface area contributed by atoms with Crippen molar-refractivity contribution >= 4 is 17.2 Å². The Balaban J connectivity index is 1.76. The zero-order valence-electron chi connectivity index (χ0n) is 11.2. The van der Waals surface area contributed by atoms with Crippen molar-refractivity contribution in [3.63, 3.8) is 0 Å². The van der Waals surface area contributed by atoms with Gasteiger partial charge in [0.25, 0.3) is 5.91 Å². The highest BCUT2D eigenvalue weighted by molar-refractivity contribution is 7.13. The van der Waals surface area contributed by atoms with E-state index in [0.29, 0.717) is 31.2 Å². The van der Waals surface area contributed by atoms with Crippen molar-refractivity contribution in [3.05, 3.63) is 29.3 Å². The molecule has 0 bridgehead atoms. The Bertz CT molecular complexity index is 525. The van der Waals surface area contributed by atoms with E-state index in [0.717, 1.165) is 11.4 Å². The molecule has 2 N–H and O–H groups in total. The molecule has 2 aromatic rings. The predicted octanol–water partition coefficient (Wildman–Crippen LogP) is 1.37. The minimum Gasteiger partial charge on any atom is -0.383 e. The van der Waals surface area contributed by atoms with Crippen LogP contribution in [0.5, 0.6) is 0 Å². The Morgan fingerprint density at radius 1 is 1.45 bits per heavy atom. The number of hydrogen-bond acceptors (Lipinski definition) is 6. The van der Waals surface area contributed by atoms with Gasteiger partial charge in [0.2, 0.25) is 0 Å². The first-order valence-corrected chi connectivity index (χ1v) is 7.17. The number of carbonyl (C=O) groups is 1. The van der Waals surface area contributed by atoms with Gasteiger partial charge in [0.1, 0.15) is 0 Å². The van der Waals surface area contributed by atoms with Crippen LogP contribution in [0.3, 0.4) is 0 Å². The van der Waals surface area contributed by atoms with Gasteiger partial charge in [-0.1, -0.05) is 11.2 Å². The van der Waals surface area contributed by atoms with Crippen LogP contribution in [0, 0.1) is 0 Å². The van der Waals surface area contributed by atoms with E-state index >= 15 is 0 Å². The molecule has 0 saturated carbocycles. The highest BCUT2D eigenvalue weighted by Crippen LogP contribution is 2.24. The third-order valence-electron chi connectivity index (χ3n) is 2.58. The smallest absolute Gasteiger partial charge is 0.273 e. The lowest BCUT2D eigenvalue weighted by atomic mass is 10.3. The van der Waals surface area contributed by atoms with Gasteiger partial charge in [-0.3, -0.25) is 4.79 Å². The van der Waals surface area contributed by atoms with Crippen LogP contribution in [0.4, 0.5) is 0 Å². The molecule has 0 spiro atoms. The maximum Gasteiger partial charge on any atom is 0.273 e. The summed E-state index contributed by atoms with van der Waals surface area (Å²) in [6.45, 7) is 2.63. The van der Waals surface area contributed by atoms with Gasteiger partial charge in [-0.25, -0.2) is 0 Å². The molecular weight excluding hydrogens is 278 g/mol. The Morgan fingerprint density at radius 2 is 2.35 bits per heavy atom. The summed E-state index contributed by atoms with van der Waals surface area (Å²) in [7, 11) is 1.65. The van der Waals surface area contributed by atoms with Gasteiger partial charge in [-0.2, -0.15) is 0 Å². The van der Waals surface area contributed by atoms with Crippen LogP contribution in [0.2, 0.25) is 0 Å². The van der Waals surface area contributed by atoms with Crippen LogP contribution in [0.1, 0.15) is 10.5 Å². The van der Waals surface area contributed by atoms with Gasteiger partial charge in [-0.05, 0) is 11.4 Å². The van der Waals surface area contributed by atoms with E-state index in [1.807, 2.05) is 17.5 Å². The summed E-state index contributed by atoms with van der Waals surface area (Å²) in [5.74, 6) is 0.383. The summed E-state index contributed by atoms with van der Waals surface area (Å²) < 4.78 is 10.1. The van der Waals surface area contributed by atoms with Crippen molar-refractivity contribution in [2.24, 2.45) is 0 Å². The summed E-state index contributed by atoms with van der Waals surface area (Å²) in [5, 5.41) is 11.6. The molecule has 0 aliphatic rings. The molecule has 0 saturated heterocycles. The van der Waals surface area contributed by atoms with Gasteiger partial charge in [-0.15, -0.1) is 11.3 Å². The van der Waals surface area contributed by atoms with Crippen LogP contribution in [-0.4, -0.2) is 44.4 Å². The number of methoxy groups -OCH3 is 1. The second-order valence-electron chi connectivity index (χ2n) is 4.05. The number of thiophene rings is 1. The highest BCUT2D eigenvalue weighted by Gasteiger charge is 2.13. The van der Waals surface area contributed by atoms with Gasteiger partial charge in [0, 0.05) is 32.8 Å². The van der Waals surface area contributed by atoms with Crippen molar-refractivity contribution in [3.8, 4) is 10.6 Å². The fraction of sp³-hybridized carbons (Fsp3) is 0.385. The zero-order chi connectivity index (χ0) is 14.2. The minimum absolute atomic E-state index is 0.231. The Labute approximate surface area is 121 Å². The summed E-state index contributed by atoms with van der Waals surface area (Å²) in [5.41, 5.74) is 0.297. The van der Waals surface area contributed by atoms with Crippen LogP contribution < -0.4 is 10.6 Å². The molecular formula is C13H17N3O3S. The third-order valence-corrected chi connectivity index (χ3v) is 3.46. The molecule has 0 fully saturated rings. The minimum atomic E-state index is -0.231. The van der Waals surface area contributed by atoms with Gasteiger partial charge in [0.05, 0.1) is 11.5 Å². The molecule has 0 aliphatic carbocycles. The molecule has 6 nitrogen and oxygen atoms in total. The first kappa shape index (κ1) is 14.7. The fourth-order valence-corrected chi connectivity index (χ4v) is 2.24. The molecule has 0 radical (unpaired) electrons. The lowest BCUT2D eigenvalue weighted by molar-refractivity contribution is 0.0944. The molecule has 1 amide bonds. The van der Waals surface area contributed by atoms with Crippen LogP contribution in [-0.2, 0) is 4.74 Å². The number of rotatable bonds is 8. The topological polar surface area (TPSA) is 76.4 Å². The van der Waals surface area contributed by atoms with E-state index in [2.05, 4.69) is 15.8 Å². The summed E-state index contributed by atoms with van der Waals surface area (Å²) >= 11 is 1.54. The summed E-state index contributed by atoms with van der Waals surface area (Å²) in [4.78, 5) is 12.8. The zero-order valence-corrected chi connectivity index (χ0v) is 12.0. The molecule has 0 unspecified atom stereocenters. The first-order valence-electron chi connectivity index (χ1n) is 6.29. The molecule has 2 heterocycles. The fourth-order valence-electron chi connectivity index (χ4n) is 1.57. The molecule has 2 aromatic heterocycles. The number of ether oxygens (including phenoxy) is 1. The summed E-state index contributed by atoms with van der Waals surface area (Å²) in [6, 6.07) is 5.50. The van der Waals surface area contributed by atoms with Crippen molar-refractivity contribution in [2.45, 2.75) is 0 Å². The normalized spacial score (nSPS) is 10.7. The maximum atomic E-state index is 11.8. The SMILES string of the molecule is COCCNCCNC(=O)c1cc(-c2cccs2)on1. The lowest BCUT2D eigenvalue weighted by Crippen LogP contribution is -2.33. The highest BCUT2D eigenvalue weighted by atomic mass is 32.1. The van der Waals surface area contributed by atoms with Gasteiger partial charge >= 0.3 is 0 Å². The monoisotopic (exact) mass is 295 g/mol. The van der Waals surface area contributed by atoms with Crippen molar-refractivity contribution in [2.75, 3.05) is 33.4 Å². The number of amides is 1. The van der Waals surface area contributed by atoms with Crippen molar-refractivity contribution in [1.29, 1.82) is 0 Å². The molecule has 0 aromatic carbocycles. The van der Waals surface area contributed by atoms with Crippen LogP contribution in [0.15, 0.2) is 28.1 Å². The van der Waals surface area contributed by atoms with Crippen LogP contribution >= 0.6 is 11.3 Å². The number of hydrogen-bond donors (Lipinski definition) is 2. The molecule has 0 aliphatic heterocycles. The molecule has 20 heavy (non-hydrogen) atoms. The van der Waals surface area contributed by atoms with E-state index in [4.69, 9.17) is 9.26 Å². The number of nitrogens with zero attached hydrogens (tertiary/aromatic N) is 1. The van der Waals surface area contributed by atoms with Gasteiger partial charge < -0.3 is 19.9 Å². The van der Waals surface area contributed by atoms with Gasteiger partial charge in [0.15, 0.2) is 11.5 Å². The van der Waals surface area contributed by atoms with E-state index in [-0.39, 0.29) is 5.91 Å². The quantitative estimate of drug-likeness (QED) is 0.719. The molecule has 0 atom stereocenters. The van der Waals surface area contributed by atoms with E-state index in [9.17, 15) is 4.79 Å². The molecule has 108 valence electrons. The van der Waals surface area contributed by atoms with Crippen LogP contribution in [0.25, 0.3) is 10.6 Å².